The highest BCUT2D eigenvalue weighted by molar-refractivity contribution is 6.02. The van der Waals surface area contributed by atoms with Crippen LogP contribution in [0, 0.1) is 29.1 Å². The summed E-state index contributed by atoms with van der Waals surface area (Å²) in [4.78, 5) is 16.3. The monoisotopic (exact) mass is 418 g/mol. The first-order valence-electron chi connectivity index (χ1n) is 11.8. The Morgan fingerprint density at radius 2 is 2.03 bits per heavy atom. The molecule has 0 spiro atoms. The zero-order chi connectivity index (χ0) is 22.0. The van der Waals surface area contributed by atoms with E-state index in [1.807, 2.05) is 30.3 Å². The van der Waals surface area contributed by atoms with Gasteiger partial charge in [-0.2, -0.15) is 5.26 Å². The molecule has 2 atom stereocenters. The van der Waals surface area contributed by atoms with Crippen molar-refractivity contribution in [1.29, 1.82) is 5.26 Å². The number of piperidine rings is 1. The van der Waals surface area contributed by atoms with Gasteiger partial charge >= 0.3 is 0 Å². The maximum Gasteiger partial charge on any atom is 0.167 e. The van der Waals surface area contributed by atoms with Crippen molar-refractivity contribution in [2.45, 2.75) is 58.4 Å². The Balaban J connectivity index is 1.64. The molecule has 1 saturated heterocycles. The first-order chi connectivity index (χ1) is 15.0. The van der Waals surface area contributed by atoms with Crippen LogP contribution in [0.3, 0.4) is 0 Å². The predicted molar refractivity (Wildman–Crippen MR) is 124 cm³/mol. The van der Waals surface area contributed by atoms with E-state index in [0.717, 1.165) is 53.6 Å². The molecule has 1 aliphatic heterocycles. The van der Waals surface area contributed by atoms with Crippen molar-refractivity contribution in [1.82, 2.24) is 4.90 Å². The van der Waals surface area contributed by atoms with Crippen molar-refractivity contribution in [2.75, 3.05) is 20.2 Å². The van der Waals surface area contributed by atoms with Crippen LogP contribution < -0.4 is 4.74 Å². The van der Waals surface area contributed by atoms with Gasteiger partial charge in [0, 0.05) is 29.6 Å². The molecule has 0 amide bonds. The molecule has 2 aliphatic rings. The molecule has 0 bridgehead atoms. The summed E-state index contributed by atoms with van der Waals surface area (Å²) in [6.07, 6.45) is 6.44. The zero-order valence-electron chi connectivity index (χ0n) is 19.1. The average Bonchev–Trinajstić information content (AvgIpc) is 2.72. The highest BCUT2D eigenvalue weighted by Gasteiger charge is 2.38. The molecule has 1 aliphatic carbocycles. The van der Waals surface area contributed by atoms with Gasteiger partial charge < -0.3 is 4.74 Å². The Hall–Kier alpha value is -2.38. The molecule has 1 saturated carbocycles. The fraction of sp³-hybridized carbons (Fsp3) is 0.556. The summed E-state index contributed by atoms with van der Waals surface area (Å²) in [7, 11) is 1.63. The molecule has 2 aromatic rings. The summed E-state index contributed by atoms with van der Waals surface area (Å²) < 4.78 is 5.46. The van der Waals surface area contributed by atoms with E-state index in [0.29, 0.717) is 24.3 Å². The third-order valence-corrected chi connectivity index (χ3v) is 7.34. The summed E-state index contributed by atoms with van der Waals surface area (Å²) in [6, 6.07) is 12.8. The van der Waals surface area contributed by atoms with Gasteiger partial charge in [-0.1, -0.05) is 38.5 Å². The third-order valence-electron chi connectivity index (χ3n) is 7.34. The SMILES string of the molecule is COc1ccc2cc(C(=O)[C@@H]3CN(C4CCC4)CC[C@@H]3CC(C)C)ccc2c1CC#N. The molecule has 2 aromatic carbocycles. The average molecular weight is 419 g/mol. The van der Waals surface area contributed by atoms with Crippen LogP contribution in [-0.4, -0.2) is 36.9 Å². The maximum absolute atomic E-state index is 13.7. The fourth-order valence-electron chi connectivity index (χ4n) is 5.49. The van der Waals surface area contributed by atoms with E-state index >= 15 is 0 Å². The second kappa shape index (κ2) is 9.40. The highest BCUT2D eigenvalue weighted by Crippen LogP contribution is 2.37. The molecule has 0 N–H and O–H groups in total. The van der Waals surface area contributed by atoms with Gasteiger partial charge in [-0.3, -0.25) is 9.69 Å². The highest BCUT2D eigenvalue weighted by atomic mass is 16.5. The molecular weight excluding hydrogens is 384 g/mol. The van der Waals surface area contributed by atoms with Crippen LogP contribution in [0.4, 0.5) is 0 Å². The Kier molecular flexibility index (Phi) is 6.62. The lowest BCUT2D eigenvalue weighted by Crippen LogP contribution is -2.50. The summed E-state index contributed by atoms with van der Waals surface area (Å²) in [5, 5.41) is 11.2. The summed E-state index contributed by atoms with van der Waals surface area (Å²) in [5.74, 6) is 2.16. The summed E-state index contributed by atoms with van der Waals surface area (Å²) in [6.45, 7) is 6.57. The van der Waals surface area contributed by atoms with Crippen molar-refractivity contribution < 1.29 is 9.53 Å². The molecule has 4 rings (SSSR count). The van der Waals surface area contributed by atoms with Gasteiger partial charge in [0.25, 0.3) is 0 Å². The lowest BCUT2D eigenvalue weighted by atomic mass is 9.75. The number of rotatable bonds is 7. The molecule has 0 unspecified atom stereocenters. The van der Waals surface area contributed by atoms with Crippen molar-refractivity contribution >= 4 is 16.6 Å². The molecule has 2 fully saturated rings. The molecule has 0 radical (unpaired) electrons. The van der Waals surface area contributed by atoms with E-state index in [1.165, 1.54) is 19.3 Å². The van der Waals surface area contributed by atoms with E-state index in [4.69, 9.17) is 4.74 Å². The minimum absolute atomic E-state index is 0.0750. The standard InChI is InChI=1S/C27H34N2O2/c1-18(2)15-20-12-14-29(22-5-4-6-22)17-25(20)27(30)21-7-9-23-19(16-21)8-10-26(31-3)24(23)11-13-28/h7-10,16,18,20,22,25H,4-6,11-12,14-15,17H2,1-3H3/t20-,25-/m1/s1. The van der Waals surface area contributed by atoms with Crippen LogP contribution in [0.25, 0.3) is 10.8 Å². The van der Waals surface area contributed by atoms with Gasteiger partial charge in [-0.05, 0) is 67.0 Å². The quantitative estimate of drug-likeness (QED) is 0.547. The lowest BCUT2D eigenvalue weighted by molar-refractivity contribution is 0.0365. The Labute approximate surface area is 186 Å². The first kappa shape index (κ1) is 21.8. The van der Waals surface area contributed by atoms with Crippen LogP contribution in [0.5, 0.6) is 5.75 Å². The van der Waals surface area contributed by atoms with Gasteiger partial charge in [0.15, 0.2) is 5.78 Å². The van der Waals surface area contributed by atoms with Gasteiger partial charge in [0.2, 0.25) is 0 Å². The second-order valence-corrected chi connectivity index (χ2v) is 9.75. The van der Waals surface area contributed by atoms with E-state index in [-0.39, 0.29) is 11.7 Å². The van der Waals surface area contributed by atoms with E-state index < -0.39 is 0 Å². The second-order valence-electron chi connectivity index (χ2n) is 9.75. The number of hydrogen-bond donors (Lipinski definition) is 0. The number of likely N-dealkylation sites (tertiary alicyclic amines) is 1. The van der Waals surface area contributed by atoms with E-state index in [1.54, 1.807) is 7.11 Å². The smallest absolute Gasteiger partial charge is 0.167 e. The van der Waals surface area contributed by atoms with Crippen LogP contribution >= 0.6 is 0 Å². The normalized spacial score (nSPS) is 22.3. The van der Waals surface area contributed by atoms with Gasteiger partial charge in [-0.15, -0.1) is 0 Å². The number of ether oxygens (including phenoxy) is 1. The number of benzene rings is 2. The number of carbonyl (C=O) groups excluding carboxylic acids is 1. The number of Topliss-reactive ketones (excluding diaryl/α,β-unsaturated/α-hetero) is 1. The van der Waals surface area contributed by atoms with Crippen LogP contribution in [0.1, 0.15) is 61.9 Å². The number of methoxy groups -OCH3 is 1. The number of nitrogens with zero attached hydrogens (tertiary/aromatic N) is 2. The Bertz CT molecular complexity index is 987. The van der Waals surface area contributed by atoms with E-state index in [2.05, 4.69) is 24.8 Å². The van der Waals surface area contributed by atoms with Crippen molar-refractivity contribution in [2.24, 2.45) is 17.8 Å². The molecule has 1 heterocycles. The van der Waals surface area contributed by atoms with Crippen LogP contribution in [0.15, 0.2) is 30.3 Å². The summed E-state index contributed by atoms with van der Waals surface area (Å²) in [5.41, 5.74) is 1.70. The van der Waals surface area contributed by atoms with Gasteiger partial charge in [0.1, 0.15) is 5.75 Å². The zero-order valence-corrected chi connectivity index (χ0v) is 19.1. The van der Waals surface area contributed by atoms with E-state index in [9.17, 15) is 10.1 Å². The molecule has 4 heteroatoms. The predicted octanol–water partition coefficient (Wildman–Crippen LogP) is 5.63. The van der Waals surface area contributed by atoms with Crippen molar-refractivity contribution in [3.05, 3.63) is 41.5 Å². The third kappa shape index (κ3) is 4.48. The Morgan fingerprint density at radius 3 is 2.68 bits per heavy atom. The van der Waals surface area contributed by atoms with Crippen LogP contribution in [0.2, 0.25) is 0 Å². The molecule has 4 nitrogen and oxygen atoms in total. The number of nitriles is 1. The topological polar surface area (TPSA) is 53.3 Å². The van der Waals surface area contributed by atoms with Crippen molar-refractivity contribution in [3.63, 3.8) is 0 Å². The maximum atomic E-state index is 13.7. The molecule has 164 valence electrons. The summed E-state index contributed by atoms with van der Waals surface area (Å²) >= 11 is 0. The fourth-order valence-corrected chi connectivity index (χ4v) is 5.49. The molecule has 0 aromatic heterocycles. The largest absolute Gasteiger partial charge is 0.496 e. The van der Waals surface area contributed by atoms with Gasteiger partial charge in [-0.25, -0.2) is 0 Å². The number of ketones is 1. The van der Waals surface area contributed by atoms with Crippen LogP contribution in [-0.2, 0) is 6.42 Å². The molecule has 31 heavy (non-hydrogen) atoms. The Morgan fingerprint density at radius 1 is 1.23 bits per heavy atom. The number of carbonyl (C=O) groups is 1. The van der Waals surface area contributed by atoms with Gasteiger partial charge in [0.05, 0.1) is 19.6 Å². The molecular formula is C27H34N2O2. The van der Waals surface area contributed by atoms with Crippen molar-refractivity contribution in [3.8, 4) is 11.8 Å². The minimum Gasteiger partial charge on any atom is -0.496 e. The minimum atomic E-state index is 0.0750. The lowest BCUT2D eigenvalue weighted by Gasteiger charge is -2.45. The number of hydrogen-bond acceptors (Lipinski definition) is 4. The number of fused-ring (bicyclic) bond motifs is 1. The first-order valence-corrected chi connectivity index (χ1v) is 11.8.